The van der Waals surface area contributed by atoms with Gasteiger partial charge < -0.3 is 14.7 Å². The molecule has 0 spiro atoms. The summed E-state index contributed by atoms with van der Waals surface area (Å²) in [4.78, 5) is 24.2. The van der Waals surface area contributed by atoms with Crippen molar-refractivity contribution in [1.29, 1.82) is 0 Å². The van der Waals surface area contributed by atoms with Crippen LogP contribution in [0.25, 0.3) is 0 Å². The van der Waals surface area contributed by atoms with E-state index in [-0.39, 0.29) is 40.1 Å². The molecule has 1 amide bonds. The summed E-state index contributed by atoms with van der Waals surface area (Å²) in [5.41, 5.74) is -0.0170. The van der Waals surface area contributed by atoms with E-state index in [0.29, 0.717) is 21.4 Å². The molecule has 35 heavy (non-hydrogen) atoms. The molecule has 0 bridgehead atoms. The molecule has 2 atom stereocenters. The number of thiol groups is 1. The first-order valence-corrected chi connectivity index (χ1v) is 11.7. The summed E-state index contributed by atoms with van der Waals surface area (Å²) in [5, 5.41) is 9.94. The van der Waals surface area contributed by atoms with Crippen LogP contribution in [0.4, 0.5) is 28.9 Å². The van der Waals surface area contributed by atoms with Crippen molar-refractivity contribution >= 4 is 34.1 Å². The van der Waals surface area contributed by atoms with Crippen LogP contribution in [0.15, 0.2) is 30.3 Å². The highest BCUT2D eigenvalue weighted by molar-refractivity contribution is 7.74. The van der Waals surface area contributed by atoms with E-state index in [1.54, 1.807) is 6.07 Å². The van der Waals surface area contributed by atoms with Gasteiger partial charge in [0.1, 0.15) is 17.1 Å². The fourth-order valence-corrected chi connectivity index (χ4v) is 5.49. The molecule has 2 fully saturated rings. The van der Waals surface area contributed by atoms with E-state index < -0.39 is 53.8 Å². The van der Waals surface area contributed by atoms with Gasteiger partial charge in [-0.3, -0.25) is 4.79 Å². The number of nitrogens with zero attached hydrogens (tertiary/aromatic N) is 2. The van der Waals surface area contributed by atoms with Gasteiger partial charge in [-0.25, -0.2) is 21.9 Å². The Bertz CT molecular complexity index is 1310. The molecule has 1 saturated heterocycles. The molecule has 5 rings (SSSR count). The second-order valence-electron chi connectivity index (χ2n) is 8.75. The van der Waals surface area contributed by atoms with E-state index in [4.69, 9.17) is 4.74 Å². The van der Waals surface area contributed by atoms with Crippen LogP contribution < -0.4 is 9.04 Å². The Balaban J connectivity index is 1.57. The number of carboxylic acid groups (broad SMARTS) is 1. The Morgan fingerprint density at radius 1 is 1.09 bits per heavy atom. The summed E-state index contributed by atoms with van der Waals surface area (Å²) in [6.45, 7) is -0.501. The van der Waals surface area contributed by atoms with Gasteiger partial charge in [0, 0.05) is 24.9 Å². The molecular formula is C22H18F4N2O6S. The van der Waals surface area contributed by atoms with Crippen LogP contribution in [0.2, 0.25) is 0 Å². The Morgan fingerprint density at radius 3 is 2.40 bits per heavy atom. The maximum Gasteiger partial charge on any atom is 0.471 e. The number of carbonyl (C=O) groups excluding carboxylic acids is 1. The van der Waals surface area contributed by atoms with Gasteiger partial charge in [-0.15, -0.1) is 0 Å². The summed E-state index contributed by atoms with van der Waals surface area (Å²) in [6.07, 6.45) is -4.23. The average molecular weight is 514 g/mol. The van der Waals surface area contributed by atoms with Crippen molar-refractivity contribution in [3.05, 3.63) is 52.8 Å². The number of anilines is 2. The first kappa shape index (κ1) is 23.4. The van der Waals surface area contributed by atoms with Crippen LogP contribution in [-0.4, -0.2) is 56.2 Å². The lowest BCUT2D eigenvalue weighted by Crippen LogP contribution is -2.53. The van der Waals surface area contributed by atoms with Crippen molar-refractivity contribution in [3.63, 3.8) is 0 Å². The normalized spacial score (nSPS) is 21.0. The zero-order chi connectivity index (χ0) is 25.2. The van der Waals surface area contributed by atoms with Gasteiger partial charge in [0.15, 0.2) is 0 Å². The number of benzene rings is 2. The molecule has 2 unspecified atom stereocenters. The largest absolute Gasteiger partial charge is 0.492 e. The SMILES string of the molecule is O=C(O)c1c(N(c2ccc(F)cc2C2CN(C(=O)C(F)(F)F)C2)[SH](=O)=O)ccc2c1OCC1CC21. The topological polar surface area (TPSA) is 104 Å². The molecular weight excluding hydrogens is 496 g/mol. The third-order valence-corrected chi connectivity index (χ3v) is 7.36. The molecule has 2 aromatic carbocycles. The van der Waals surface area contributed by atoms with Crippen molar-refractivity contribution in [1.82, 2.24) is 4.90 Å². The number of amides is 1. The Hall–Kier alpha value is -3.35. The van der Waals surface area contributed by atoms with E-state index >= 15 is 0 Å². The molecule has 1 N–H and O–H groups in total. The molecule has 1 saturated carbocycles. The van der Waals surface area contributed by atoms with Crippen LogP contribution in [0.1, 0.15) is 39.7 Å². The highest BCUT2D eigenvalue weighted by Gasteiger charge is 2.48. The van der Waals surface area contributed by atoms with Gasteiger partial charge in [0.05, 0.1) is 18.0 Å². The number of rotatable bonds is 5. The van der Waals surface area contributed by atoms with Gasteiger partial charge in [-0.2, -0.15) is 13.2 Å². The smallest absolute Gasteiger partial charge is 0.471 e. The monoisotopic (exact) mass is 514 g/mol. The minimum atomic E-state index is -5.07. The van der Waals surface area contributed by atoms with Crippen molar-refractivity contribution < 1.29 is 45.4 Å². The van der Waals surface area contributed by atoms with Gasteiger partial charge in [-0.05, 0) is 47.7 Å². The number of fused-ring (bicyclic) bond motifs is 3. The Labute approximate surface area is 197 Å². The highest BCUT2D eigenvalue weighted by atomic mass is 32.2. The molecule has 13 heteroatoms. The fraction of sp³-hybridized carbons (Fsp3) is 0.364. The maximum absolute atomic E-state index is 14.1. The second kappa shape index (κ2) is 8.11. The van der Waals surface area contributed by atoms with Crippen LogP contribution in [-0.2, 0) is 15.7 Å². The van der Waals surface area contributed by atoms with E-state index in [1.807, 2.05) is 0 Å². The Kier molecular flexibility index (Phi) is 5.42. The molecule has 8 nitrogen and oxygen atoms in total. The summed E-state index contributed by atoms with van der Waals surface area (Å²) < 4.78 is 83.5. The number of aromatic carboxylic acids is 1. The molecule has 2 aromatic rings. The standard InChI is InChI=1S/C22H18F4N2O6S/c23-12-1-3-16(15(6-12)11-7-27(8-11)21(31)22(24,25)26)28(35(32)33)17-4-2-13-14-5-10(14)9-34-19(13)18(17)20(29)30/h1-4,6,10-11,14,35H,5,7-9H2,(H,29,30). The van der Waals surface area contributed by atoms with Crippen molar-refractivity contribution in [3.8, 4) is 5.75 Å². The number of likely N-dealkylation sites (tertiary alicyclic amines) is 1. The summed E-state index contributed by atoms with van der Waals surface area (Å²) in [5.74, 6) is -4.54. The number of alkyl halides is 3. The predicted octanol–water partition coefficient (Wildman–Crippen LogP) is 3.17. The van der Waals surface area contributed by atoms with Gasteiger partial charge in [0.2, 0.25) is 10.9 Å². The number of ether oxygens (including phenoxy) is 1. The fourth-order valence-electron chi connectivity index (χ4n) is 4.79. The molecule has 0 radical (unpaired) electrons. The lowest BCUT2D eigenvalue weighted by Gasteiger charge is -2.41. The Morgan fingerprint density at radius 2 is 1.77 bits per heavy atom. The van der Waals surface area contributed by atoms with E-state index in [1.165, 1.54) is 6.07 Å². The first-order chi connectivity index (χ1) is 16.5. The van der Waals surface area contributed by atoms with Crippen molar-refractivity contribution in [2.75, 3.05) is 24.0 Å². The molecule has 2 heterocycles. The number of hydrogen-bond donors (Lipinski definition) is 2. The van der Waals surface area contributed by atoms with Gasteiger partial charge >= 0.3 is 18.1 Å². The minimum absolute atomic E-state index is 0.0349. The number of carboxylic acids is 1. The van der Waals surface area contributed by atoms with Crippen LogP contribution >= 0.6 is 0 Å². The predicted molar refractivity (Wildman–Crippen MR) is 114 cm³/mol. The zero-order valence-corrected chi connectivity index (χ0v) is 18.7. The quantitative estimate of drug-likeness (QED) is 0.469. The zero-order valence-electron chi connectivity index (χ0n) is 17.8. The molecule has 3 aliphatic rings. The highest BCUT2D eigenvalue weighted by Crippen LogP contribution is 2.56. The van der Waals surface area contributed by atoms with E-state index in [9.17, 15) is 40.7 Å². The number of carbonyl (C=O) groups is 2. The maximum atomic E-state index is 14.1. The second-order valence-corrected chi connectivity index (χ2v) is 9.63. The number of hydrogen-bond acceptors (Lipinski definition) is 5. The third-order valence-electron chi connectivity index (χ3n) is 6.60. The summed E-state index contributed by atoms with van der Waals surface area (Å²) >= 11 is 0. The molecule has 2 aliphatic heterocycles. The number of halogens is 4. The molecule has 1 aliphatic carbocycles. The van der Waals surface area contributed by atoms with Crippen LogP contribution in [0.3, 0.4) is 0 Å². The first-order valence-electron chi connectivity index (χ1n) is 10.6. The third kappa shape index (κ3) is 3.97. The summed E-state index contributed by atoms with van der Waals surface area (Å²) in [7, 11) is -3.51. The summed E-state index contributed by atoms with van der Waals surface area (Å²) in [6, 6.07) is 6.00. The van der Waals surface area contributed by atoms with Gasteiger partial charge in [-0.1, -0.05) is 6.07 Å². The van der Waals surface area contributed by atoms with Crippen molar-refractivity contribution in [2.45, 2.75) is 24.4 Å². The van der Waals surface area contributed by atoms with Crippen molar-refractivity contribution in [2.24, 2.45) is 5.92 Å². The average Bonchev–Trinajstić information content (AvgIpc) is 3.53. The minimum Gasteiger partial charge on any atom is -0.492 e. The van der Waals surface area contributed by atoms with Crippen LogP contribution in [0.5, 0.6) is 5.75 Å². The van der Waals surface area contributed by atoms with Gasteiger partial charge in [0.25, 0.3) is 0 Å². The van der Waals surface area contributed by atoms with Crippen LogP contribution in [0, 0.1) is 11.7 Å². The molecule has 0 aromatic heterocycles. The molecule has 186 valence electrons. The lowest BCUT2D eigenvalue weighted by atomic mass is 9.89. The van der Waals surface area contributed by atoms with E-state index in [0.717, 1.165) is 24.6 Å². The lowest BCUT2D eigenvalue weighted by molar-refractivity contribution is -0.189. The van der Waals surface area contributed by atoms with E-state index in [2.05, 4.69) is 0 Å².